The molecule has 2 aromatic heterocycles. The molecule has 59 heavy (non-hydrogen) atoms. The van der Waals surface area contributed by atoms with Gasteiger partial charge in [0.25, 0.3) is 0 Å². The van der Waals surface area contributed by atoms with Crippen molar-refractivity contribution in [3.8, 4) is 33.6 Å². The molecule has 10 rings (SSSR count). The summed E-state index contributed by atoms with van der Waals surface area (Å²) in [5.41, 5.74) is 15.9. The van der Waals surface area contributed by atoms with Gasteiger partial charge in [-0.05, 0) is 108 Å². The highest BCUT2D eigenvalue weighted by atomic mass is 15.0. The zero-order valence-corrected chi connectivity index (χ0v) is 32.8. The Balaban J connectivity index is 1.27. The number of hydrogen-bond acceptors (Lipinski definition) is 2. The van der Waals surface area contributed by atoms with Crippen LogP contribution in [-0.2, 0) is 0 Å². The van der Waals surface area contributed by atoms with Crippen LogP contribution in [0.3, 0.4) is 0 Å². The van der Waals surface area contributed by atoms with Crippen LogP contribution >= 0.6 is 0 Å². The number of nitrogens with one attached hydrogen (secondary N) is 2. The number of rotatable bonds is 5. The first kappa shape index (κ1) is 35.6. The zero-order valence-electron chi connectivity index (χ0n) is 32.8. The maximum atomic E-state index is 3.52. The maximum Gasteiger partial charge on any atom is 0.0548 e. The lowest BCUT2D eigenvalue weighted by Gasteiger charge is -2.14. The summed E-state index contributed by atoms with van der Waals surface area (Å²) in [6, 6.07) is 60.8. The third kappa shape index (κ3) is 6.77. The summed E-state index contributed by atoms with van der Waals surface area (Å²) < 4.78 is 4.82. The third-order valence-electron chi connectivity index (χ3n) is 11.1. The first-order chi connectivity index (χ1) is 29.2. The minimum absolute atomic E-state index is 0.908. The molecule has 0 aliphatic carbocycles. The molecule has 4 heteroatoms. The van der Waals surface area contributed by atoms with Crippen LogP contribution in [0.2, 0.25) is 0 Å². The predicted molar refractivity (Wildman–Crippen MR) is 251 cm³/mol. The van der Waals surface area contributed by atoms with Gasteiger partial charge in [0, 0.05) is 51.2 Å². The van der Waals surface area contributed by atoms with E-state index in [9.17, 15) is 0 Å². The van der Waals surface area contributed by atoms with Crippen LogP contribution in [0.5, 0.6) is 0 Å². The largest absolute Gasteiger partial charge is 0.361 e. The molecule has 0 saturated carbocycles. The molecule has 0 bridgehead atoms. The average molecular weight is 759 g/mol. The van der Waals surface area contributed by atoms with E-state index in [4.69, 9.17) is 0 Å². The van der Waals surface area contributed by atoms with Crippen LogP contribution in [0.1, 0.15) is 16.8 Å². The molecule has 0 unspecified atom stereocenters. The van der Waals surface area contributed by atoms with Crippen molar-refractivity contribution in [3.63, 3.8) is 0 Å². The minimum atomic E-state index is 0.908. The van der Waals surface area contributed by atoms with E-state index in [0.717, 1.165) is 34.0 Å². The van der Waals surface area contributed by atoms with Gasteiger partial charge in [-0.15, -0.1) is 0 Å². The van der Waals surface area contributed by atoms with Gasteiger partial charge in [0.15, 0.2) is 0 Å². The maximum absolute atomic E-state index is 3.52. The molecular formula is C55H42N4. The van der Waals surface area contributed by atoms with Crippen molar-refractivity contribution in [1.82, 2.24) is 14.5 Å². The summed E-state index contributed by atoms with van der Waals surface area (Å²) in [7, 11) is 0. The lowest BCUT2D eigenvalue weighted by molar-refractivity contribution is 1.09. The van der Waals surface area contributed by atoms with E-state index >= 15 is 0 Å². The zero-order chi connectivity index (χ0) is 39.5. The Bertz CT molecular complexity index is 3140. The number of benzene rings is 7. The quantitative estimate of drug-likeness (QED) is 0.183. The Hall–Kier alpha value is -7.82. The SMILES string of the molecule is Cc1cccc(-n2c3ccccc3c3c4c(ccc32)-c2c(n(-c3ccc(-c5ccccc5)cc3)c3ccccc23)/C=C\C(=C\Nc2ccccc2)N/C=C/C=C\C=C/4)c1. The molecule has 0 atom stereocenters. The molecule has 0 spiro atoms. The highest BCUT2D eigenvalue weighted by Gasteiger charge is 2.23. The molecular weight excluding hydrogens is 717 g/mol. The van der Waals surface area contributed by atoms with E-state index in [-0.39, 0.29) is 0 Å². The molecule has 1 aliphatic heterocycles. The highest BCUT2D eigenvalue weighted by Crippen LogP contribution is 2.45. The summed E-state index contributed by atoms with van der Waals surface area (Å²) in [6.07, 6.45) is 19.1. The number of allylic oxidation sites excluding steroid dienone is 5. The molecule has 2 N–H and O–H groups in total. The molecule has 0 fully saturated rings. The van der Waals surface area contributed by atoms with Gasteiger partial charge in [-0.3, -0.25) is 0 Å². The molecule has 4 nitrogen and oxygen atoms in total. The second kappa shape index (κ2) is 15.6. The van der Waals surface area contributed by atoms with Crippen molar-refractivity contribution in [2.75, 3.05) is 5.32 Å². The fourth-order valence-corrected chi connectivity index (χ4v) is 8.42. The Labute approximate surface area is 344 Å². The van der Waals surface area contributed by atoms with E-state index in [1.165, 1.54) is 60.6 Å². The molecule has 7 aromatic carbocycles. The smallest absolute Gasteiger partial charge is 0.0548 e. The fraction of sp³-hybridized carbons (Fsp3) is 0.0182. The van der Waals surface area contributed by atoms with Gasteiger partial charge in [-0.1, -0.05) is 140 Å². The Kier molecular flexibility index (Phi) is 9.41. The van der Waals surface area contributed by atoms with Crippen molar-refractivity contribution in [3.05, 3.63) is 235 Å². The van der Waals surface area contributed by atoms with Gasteiger partial charge >= 0.3 is 0 Å². The van der Waals surface area contributed by atoms with Crippen LogP contribution < -0.4 is 10.6 Å². The van der Waals surface area contributed by atoms with Crippen LogP contribution in [0.25, 0.3) is 78.5 Å². The van der Waals surface area contributed by atoms with Crippen molar-refractivity contribution in [1.29, 1.82) is 0 Å². The monoisotopic (exact) mass is 758 g/mol. The molecule has 3 heterocycles. The van der Waals surface area contributed by atoms with Gasteiger partial charge in [0.2, 0.25) is 0 Å². The number of anilines is 1. The molecule has 282 valence electrons. The predicted octanol–water partition coefficient (Wildman–Crippen LogP) is 14.0. The van der Waals surface area contributed by atoms with E-state index in [0.29, 0.717) is 0 Å². The second-order valence-electron chi connectivity index (χ2n) is 14.8. The molecule has 0 radical (unpaired) electrons. The van der Waals surface area contributed by atoms with Gasteiger partial charge in [0.1, 0.15) is 0 Å². The number of nitrogens with zero attached hydrogens (tertiary/aromatic N) is 2. The van der Waals surface area contributed by atoms with Gasteiger partial charge < -0.3 is 19.8 Å². The summed E-state index contributed by atoms with van der Waals surface area (Å²) in [4.78, 5) is 0. The van der Waals surface area contributed by atoms with Crippen LogP contribution in [-0.4, -0.2) is 9.13 Å². The van der Waals surface area contributed by atoms with Crippen molar-refractivity contribution in [2.45, 2.75) is 6.92 Å². The molecule has 0 amide bonds. The summed E-state index contributed by atoms with van der Waals surface area (Å²) in [5, 5.41) is 10.6. The summed E-state index contributed by atoms with van der Waals surface area (Å²) in [5.74, 6) is 0. The topological polar surface area (TPSA) is 33.9 Å². The second-order valence-corrected chi connectivity index (χ2v) is 14.8. The van der Waals surface area contributed by atoms with E-state index in [1.54, 1.807) is 0 Å². The molecule has 1 aliphatic rings. The number of para-hydroxylation sites is 3. The lowest BCUT2D eigenvalue weighted by Crippen LogP contribution is -2.05. The highest BCUT2D eigenvalue weighted by molar-refractivity contribution is 6.17. The Morgan fingerprint density at radius 3 is 2.00 bits per heavy atom. The van der Waals surface area contributed by atoms with Crippen LogP contribution in [0.4, 0.5) is 5.69 Å². The van der Waals surface area contributed by atoms with Crippen molar-refractivity contribution >= 4 is 50.5 Å². The lowest BCUT2D eigenvalue weighted by atomic mass is 9.92. The van der Waals surface area contributed by atoms with Gasteiger partial charge in [-0.2, -0.15) is 0 Å². The normalized spacial score (nSPS) is 15.6. The van der Waals surface area contributed by atoms with Gasteiger partial charge in [-0.25, -0.2) is 0 Å². The Morgan fingerprint density at radius 1 is 0.508 bits per heavy atom. The van der Waals surface area contributed by atoms with Crippen molar-refractivity contribution in [2.24, 2.45) is 0 Å². The number of aryl methyl sites for hydroxylation is 1. The fourth-order valence-electron chi connectivity index (χ4n) is 8.42. The summed E-state index contributed by atoms with van der Waals surface area (Å²) in [6.45, 7) is 2.16. The van der Waals surface area contributed by atoms with E-state index < -0.39 is 0 Å². The summed E-state index contributed by atoms with van der Waals surface area (Å²) >= 11 is 0. The Morgan fingerprint density at radius 2 is 1.20 bits per heavy atom. The van der Waals surface area contributed by atoms with Crippen LogP contribution in [0, 0.1) is 6.92 Å². The van der Waals surface area contributed by atoms with Gasteiger partial charge in [0.05, 0.1) is 27.9 Å². The van der Waals surface area contributed by atoms with Crippen molar-refractivity contribution < 1.29 is 0 Å². The minimum Gasteiger partial charge on any atom is -0.361 e. The van der Waals surface area contributed by atoms with E-state index in [1.807, 2.05) is 36.7 Å². The standard InChI is InChI=1S/C55H42N4/c1-39-17-16-22-45(37-39)59-51-27-14-12-25-49(51)54-46-23-10-2-3-15-36-56-43(38-57-42-20-8-5-9-21-42)30-34-52-55(47(46)33-35-53(54)59)48-24-11-13-26-50(48)58(52)44-31-28-41(29-32-44)40-18-6-4-7-19-40/h2-38,56-57H,1H3/b3-2-,23-10-,34-30-,36-15+,43-38-. The number of aromatic nitrogens is 2. The number of hydrogen-bond donors (Lipinski definition) is 2. The van der Waals surface area contributed by atoms with E-state index in [2.05, 4.69) is 215 Å². The first-order valence-electron chi connectivity index (χ1n) is 20.1. The molecule has 9 aromatic rings. The average Bonchev–Trinajstić information content (AvgIpc) is 3.80. The molecule has 0 saturated heterocycles. The third-order valence-corrected chi connectivity index (χ3v) is 11.1. The van der Waals surface area contributed by atoms with Crippen LogP contribution in [0.15, 0.2) is 218 Å². The number of fused-ring (bicyclic) bond motifs is 9. The first-order valence-corrected chi connectivity index (χ1v) is 20.1.